The van der Waals surface area contributed by atoms with Crippen molar-refractivity contribution in [1.29, 1.82) is 0 Å². The van der Waals surface area contributed by atoms with Crippen molar-refractivity contribution in [3.05, 3.63) is 0 Å². The van der Waals surface area contributed by atoms with Gasteiger partial charge in [0, 0.05) is 0 Å². The molecule has 0 aliphatic heterocycles. The molecule has 0 aromatic heterocycles. The molecule has 0 rings (SSSR count). The summed E-state index contributed by atoms with van der Waals surface area (Å²) in [5, 5.41) is 0. The number of hydrogen-bond donors (Lipinski definition) is 0. The van der Waals surface area contributed by atoms with Gasteiger partial charge in [0.2, 0.25) is 0 Å². The molecule has 0 heterocycles. The Balaban J connectivity index is 0. The van der Waals surface area contributed by atoms with E-state index in [1.165, 1.54) is 0 Å². The first-order valence-corrected chi connectivity index (χ1v) is 2.76. The fourth-order valence-electron chi connectivity index (χ4n) is 0. The van der Waals surface area contributed by atoms with Crippen molar-refractivity contribution < 1.29 is 4.79 Å². The Morgan fingerprint density at radius 2 is 2.00 bits per heavy atom. The minimum absolute atomic E-state index is 0. The number of rotatable bonds is 1. The Morgan fingerprint density at radius 3 is 2.00 bits per heavy atom. The van der Waals surface area contributed by atoms with Gasteiger partial charge in [-0.2, -0.15) is 0 Å². The first-order valence-electron chi connectivity index (χ1n) is 1.76. The topological polar surface area (TPSA) is 17.1 Å². The molecule has 0 N–H and O–H groups in total. The molecule has 0 amide bonds. The summed E-state index contributed by atoms with van der Waals surface area (Å²) < 4.78 is 0.394. The van der Waals surface area contributed by atoms with Crippen molar-refractivity contribution in [2.75, 3.05) is 0 Å². The molecule has 0 unspecified atom stereocenters. The fraction of sp³-hybridized carbons (Fsp3) is 0.667. The Morgan fingerprint density at radius 1 is 1.83 bits per heavy atom. The van der Waals surface area contributed by atoms with Crippen LogP contribution < -0.4 is 0 Å². The maximum atomic E-state index is 9.87. The Labute approximate surface area is 57.5 Å². The fourth-order valence-corrected chi connectivity index (χ4v) is 0. The Bertz CT molecular complexity index is 46.1. The van der Waals surface area contributed by atoms with E-state index in [-0.39, 0.29) is 8.41 Å². The second kappa shape index (κ2) is 5.73. The molecule has 0 bridgehead atoms. The van der Waals surface area contributed by atoms with Crippen LogP contribution in [0.1, 0.15) is 13.3 Å². The zero-order valence-corrected chi connectivity index (χ0v) is 5.62. The first kappa shape index (κ1) is 9.88. The maximum absolute atomic E-state index is 9.87. The third-order valence-electron chi connectivity index (χ3n) is 0.498. The van der Waals surface area contributed by atoms with E-state index in [4.69, 9.17) is 0 Å². The summed E-state index contributed by atoms with van der Waals surface area (Å²) in [4.78, 5) is 9.87. The first-order chi connectivity index (χ1) is 2.27. The van der Waals surface area contributed by atoms with Gasteiger partial charge in [0.25, 0.3) is 0 Å². The molecule has 0 aromatic carbocycles. The molecule has 0 fully saturated rings. The van der Waals surface area contributed by atoms with Crippen LogP contribution in [0.4, 0.5) is 0 Å². The van der Waals surface area contributed by atoms with Crippen molar-refractivity contribution in [3.63, 3.8) is 0 Å². The molecule has 0 aliphatic carbocycles. The van der Waals surface area contributed by atoms with E-state index in [1.54, 1.807) is 0 Å². The van der Waals surface area contributed by atoms with Crippen LogP contribution in [-0.4, -0.2) is 39.4 Å². The minimum atomic E-state index is 0. The quantitative estimate of drug-likeness (QED) is 0.377. The van der Waals surface area contributed by atoms with Crippen molar-refractivity contribution in [3.8, 4) is 0 Å². The van der Waals surface area contributed by atoms with Crippen LogP contribution >= 0.6 is 0 Å². The van der Waals surface area contributed by atoms with Gasteiger partial charge in [-0.25, -0.2) is 0 Å². The van der Waals surface area contributed by atoms with Crippen molar-refractivity contribution in [1.82, 2.24) is 0 Å². The molecule has 0 radical (unpaired) electrons. The van der Waals surface area contributed by atoms with E-state index in [2.05, 4.69) is 0 Å². The monoisotopic (exact) mass is 94.1 g/mol. The van der Waals surface area contributed by atoms with E-state index in [9.17, 15) is 4.79 Å². The average molecular weight is 93.9 g/mol. The second-order valence-electron chi connectivity index (χ2n) is 1.06. The SMILES string of the molecule is B.CC[C](=O)[Na]. The molecular formula is C3H8BNaO. The third-order valence-corrected chi connectivity index (χ3v) is 1.20. The van der Waals surface area contributed by atoms with E-state index < -0.39 is 0 Å². The molecular weight excluding hydrogens is 85.8 g/mol. The van der Waals surface area contributed by atoms with Crippen LogP contribution in [0.15, 0.2) is 0 Å². The average Bonchev–Trinajstić information content (AvgIpc) is 1.38. The van der Waals surface area contributed by atoms with Crippen LogP contribution in [0.25, 0.3) is 0 Å². The van der Waals surface area contributed by atoms with Crippen LogP contribution in [0.2, 0.25) is 0 Å². The molecule has 30 valence electrons. The van der Waals surface area contributed by atoms with Gasteiger partial charge in [-0.15, -0.1) is 0 Å². The van der Waals surface area contributed by atoms with E-state index >= 15 is 0 Å². The zero-order valence-electron chi connectivity index (χ0n) is 3.62. The normalized spacial score (nSPS) is 6.50. The molecule has 0 atom stereocenters. The van der Waals surface area contributed by atoms with Crippen LogP contribution in [0.5, 0.6) is 0 Å². The summed E-state index contributed by atoms with van der Waals surface area (Å²) in [5.41, 5.74) is 0. The van der Waals surface area contributed by atoms with Gasteiger partial charge < -0.3 is 0 Å². The number of carbonyl (C=O) groups is 1. The molecule has 0 aliphatic rings. The molecule has 0 saturated carbocycles. The zero-order chi connectivity index (χ0) is 4.28. The van der Waals surface area contributed by atoms with Gasteiger partial charge in [0.05, 0.1) is 8.41 Å². The second-order valence-corrected chi connectivity index (χ2v) is 2.17. The Kier molecular flexibility index (Phi) is 9.44. The van der Waals surface area contributed by atoms with Gasteiger partial charge in [-0.05, 0) is 0 Å². The van der Waals surface area contributed by atoms with Gasteiger partial charge in [0.1, 0.15) is 0 Å². The molecule has 0 saturated heterocycles. The van der Waals surface area contributed by atoms with Crippen molar-refractivity contribution in [2.24, 2.45) is 0 Å². The van der Waals surface area contributed by atoms with Crippen LogP contribution in [0.3, 0.4) is 0 Å². The molecule has 0 spiro atoms. The Hall–Kier alpha value is 0.735. The van der Waals surface area contributed by atoms with Gasteiger partial charge in [0.15, 0.2) is 0 Å². The summed E-state index contributed by atoms with van der Waals surface area (Å²) in [7, 11) is 0. The van der Waals surface area contributed by atoms with Crippen molar-refractivity contribution in [2.45, 2.75) is 13.3 Å². The molecule has 3 heteroatoms. The predicted octanol–water partition coefficient (Wildman–Crippen LogP) is -1.09. The van der Waals surface area contributed by atoms with Gasteiger partial charge >= 0.3 is 49.1 Å². The van der Waals surface area contributed by atoms with Crippen LogP contribution in [-0.2, 0) is 4.79 Å². The van der Waals surface area contributed by atoms with Gasteiger partial charge in [-0.3, -0.25) is 0 Å². The summed E-state index contributed by atoms with van der Waals surface area (Å²) in [6, 6.07) is 0. The van der Waals surface area contributed by atoms with Gasteiger partial charge in [-0.1, -0.05) is 0 Å². The third kappa shape index (κ3) is 8.83. The van der Waals surface area contributed by atoms with Crippen LogP contribution in [0, 0.1) is 0 Å². The van der Waals surface area contributed by atoms with E-state index in [0.717, 1.165) is 34.4 Å². The summed E-state index contributed by atoms with van der Waals surface area (Å²) in [6.07, 6.45) is 0.728. The number of hydrogen-bond acceptors (Lipinski definition) is 1. The number of carbonyl (C=O) groups excluding carboxylic acids is 1. The summed E-state index contributed by atoms with van der Waals surface area (Å²) >= 11 is 0.731. The summed E-state index contributed by atoms with van der Waals surface area (Å²) in [6.45, 7) is 1.88. The molecule has 0 aromatic rings. The van der Waals surface area contributed by atoms with Crippen molar-refractivity contribution >= 4 is 39.4 Å². The molecule has 6 heavy (non-hydrogen) atoms. The summed E-state index contributed by atoms with van der Waals surface area (Å²) in [5.74, 6) is 0. The molecule has 1 nitrogen and oxygen atoms in total. The standard InChI is InChI=1S/C3H5O.BH3.Na/c1-2-3-4;;/h2H2,1H3;1H3;. The van der Waals surface area contributed by atoms with E-state index in [1.807, 2.05) is 6.92 Å². The predicted molar refractivity (Wildman–Crippen MR) is 31.0 cm³/mol. The van der Waals surface area contributed by atoms with E-state index in [0.29, 0.717) is 3.03 Å².